The Labute approximate surface area is 67.3 Å². The first kappa shape index (κ1) is 8.33. The second-order valence-corrected chi connectivity index (χ2v) is 3.50. The fourth-order valence-electron chi connectivity index (χ4n) is 0.828. The van der Waals surface area contributed by atoms with Gasteiger partial charge in [0.25, 0.3) is 0 Å². The predicted octanol–water partition coefficient (Wildman–Crippen LogP) is -0.727. The molecule has 0 aliphatic carbocycles. The number of nitrogens with one attached hydrogen (secondary N) is 2. The van der Waals surface area contributed by atoms with Gasteiger partial charge in [0.05, 0.1) is 6.54 Å². The maximum Gasteiger partial charge on any atom is 0.191 e. The Kier molecular flexibility index (Phi) is 2.34. The second kappa shape index (κ2) is 3.09. The Bertz CT molecular complexity index is 156. The van der Waals surface area contributed by atoms with Crippen LogP contribution in [-0.4, -0.2) is 31.1 Å². The molecule has 4 heteroatoms. The summed E-state index contributed by atoms with van der Waals surface area (Å²) < 4.78 is 0. The summed E-state index contributed by atoms with van der Waals surface area (Å²) in [6, 6.07) is 0. The molecule has 0 spiro atoms. The number of aliphatic imine (C=N–C) groups is 1. The average Bonchev–Trinajstić information content (AvgIpc) is 2.32. The molecule has 64 valence electrons. The summed E-state index contributed by atoms with van der Waals surface area (Å²) in [6.07, 6.45) is 0. The number of rotatable bonds is 2. The largest absolute Gasteiger partial charge is 0.355 e. The highest BCUT2D eigenvalue weighted by molar-refractivity contribution is 5.81. The summed E-state index contributed by atoms with van der Waals surface area (Å²) in [5.41, 5.74) is 5.59. The summed E-state index contributed by atoms with van der Waals surface area (Å²) in [4.78, 5) is 4.18. The van der Waals surface area contributed by atoms with Crippen LogP contribution in [0.5, 0.6) is 0 Å². The first-order chi connectivity index (χ1) is 5.08. The van der Waals surface area contributed by atoms with Crippen molar-refractivity contribution in [1.82, 2.24) is 10.6 Å². The topological polar surface area (TPSA) is 62.4 Å². The normalized spacial score (nSPS) is 17.5. The lowest BCUT2D eigenvalue weighted by Gasteiger charge is -2.19. The lowest BCUT2D eigenvalue weighted by molar-refractivity contribution is 0.506. The van der Waals surface area contributed by atoms with E-state index >= 15 is 0 Å². The van der Waals surface area contributed by atoms with Crippen LogP contribution in [0.3, 0.4) is 0 Å². The Morgan fingerprint density at radius 2 is 2.45 bits per heavy atom. The summed E-state index contributed by atoms with van der Waals surface area (Å²) in [5.74, 6) is 0.878. The van der Waals surface area contributed by atoms with Gasteiger partial charge < -0.3 is 16.4 Å². The quantitative estimate of drug-likeness (QED) is 0.494. The van der Waals surface area contributed by atoms with Gasteiger partial charge in [-0.3, -0.25) is 4.99 Å². The fraction of sp³-hybridized carbons (Fsp3) is 0.857. The van der Waals surface area contributed by atoms with E-state index in [1.165, 1.54) is 0 Å². The summed E-state index contributed by atoms with van der Waals surface area (Å²) in [6.45, 7) is 6.52. The van der Waals surface area contributed by atoms with Crippen LogP contribution < -0.4 is 16.4 Å². The number of hydrogen-bond acceptors (Lipinski definition) is 4. The lowest BCUT2D eigenvalue weighted by Crippen LogP contribution is -2.47. The third-order valence-electron chi connectivity index (χ3n) is 1.39. The molecule has 1 rings (SSSR count). The van der Waals surface area contributed by atoms with E-state index in [1.807, 2.05) is 13.8 Å². The third-order valence-corrected chi connectivity index (χ3v) is 1.39. The number of nitrogens with zero attached hydrogens (tertiary/aromatic N) is 1. The Morgan fingerprint density at radius 1 is 1.73 bits per heavy atom. The van der Waals surface area contributed by atoms with Gasteiger partial charge in [0, 0.05) is 18.6 Å². The van der Waals surface area contributed by atoms with Crippen LogP contribution in [-0.2, 0) is 0 Å². The van der Waals surface area contributed by atoms with Crippen molar-refractivity contribution >= 4 is 5.96 Å². The molecule has 0 aromatic carbocycles. The van der Waals surface area contributed by atoms with Crippen molar-refractivity contribution in [3.63, 3.8) is 0 Å². The molecular formula is C7H16N4. The number of guanidine groups is 1. The van der Waals surface area contributed by atoms with Crippen LogP contribution in [0, 0.1) is 0 Å². The minimum Gasteiger partial charge on any atom is -0.355 e. The van der Waals surface area contributed by atoms with E-state index < -0.39 is 0 Å². The maximum absolute atomic E-state index is 5.77. The van der Waals surface area contributed by atoms with Gasteiger partial charge in [-0.05, 0) is 13.8 Å². The SMILES string of the molecule is CC(C)(N)CNC1=NCCN1. The second-order valence-electron chi connectivity index (χ2n) is 3.50. The van der Waals surface area contributed by atoms with Gasteiger partial charge in [-0.2, -0.15) is 0 Å². The summed E-state index contributed by atoms with van der Waals surface area (Å²) >= 11 is 0. The van der Waals surface area contributed by atoms with Crippen LogP contribution in [0.15, 0.2) is 4.99 Å². The Balaban J connectivity index is 2.22. The summed E-state index contributed by atoms with van der Waals surface area (Å²) in [5, 5.41) is 6.25. The zero-order chi connectivity index (χ0) is 8.32. The first-order valence-corrected chi connectivity index (χ1v) is 3.89. The van der Waals surface area contributed by atoms with Gasteiger partial charge in [0.2, 0.25) is 0 Å². The van der Waals surface area contributed by atoms with Crippen molar-refractivity contribution in [2.45, 2.75) is 19.4 Å². The molecule has 1 heterocycles. The van der Waals surface area contributed by atoms with E-state index in [2.05, 4.69) is 15.6 Å². The van der Waals surface area contributed by atoms with E-state index in [1.54, 1.807) is 0 Å². The molecule has 0 unspecified atom stereocenters. The van der Waals surface area contributed by atoms with Crippen LogP contribution in [0.25, 0.3) is 0 Å². The fourth-order valence-corrected chi connectivity index (χ4v) is 0.828. The molecule has 0 fully saturated rings. The van der Waals surface area contributed by atoms with Crippen molar-refractivity contribution < 1.29 is 0 Å². The van der Waals surface area contributed by atoms with Crippen molar-refractivity contribution in [3.8, 4) is 0 Å². The van der Waals surface area contributed by atoms with E-state index in [-0.39, 0.29) is 5.54 Å². The number of nitrogens with two attached hydrogens (primary N) is 1. The zero-order valence-corrected chi connectivity index (χ0v) is 7.15. The van der Waals surface area contributed by atoms with Crippen LogP contribution in [0.1, 0.15) is 13.8 Å². The Morgan fingerprint density at radius 3 is 2.91 bits per heavy atom. The minimum absolute atomic E-state index is 0.174. The minimum atomic E-state index is -0.174. The smallest absolute Gasteiger partial charge is 0.191 e. The van der Waals surface area contributed by atoms with Crippen molar-refractivity contribution in [2.24, 2.45) is 10.7 Å². The van der Waals surface area contributed by atoms with Crippen molar-refractivity contribution in [1.29, 1.82) is 0 Å². The molecule has 0 saturated heterocycles. The monoisotopic (exact) mass is 156 g/mol. The molecule has 11 heavy (non-hydrogen) atoms. The molecule has 4 nitrogen and oxygen atoms in total. The molecule has 0 aromatic rings. The highest BCUT2D eigenvalue weighted by atomic mass is 15.2. The molecule has 0 bridgehead atoms. The van der Waals surface area contributed by atoms with Gasteiger partial charge in [0.15, 0.2) is 5.96 Å². The van der Waals surface area contributed by atoms with Crippen LogP contribution in [0.2, 0.25) is 0 Å². The van der Waals surface area contributed by atoms with Gasteiger partial charge >= 0.3 is 0 Å². The first-order valence-electron chi connectivity index (χ1n) is 3.89. The molecule has 0 amide bonds. The summed E-state index contributed by atoms with van der Waals surface area (Å²) in [7, 11) is 0. The molecule has 0 aromatic heterocycles. The molecule has 0 saturated carbocycles. The lowest BCUT2D eigenvalue weighted by atomic mass is 10.1. The highest BCUT2D eigenvalue weighted by Gasteiger charge is 2.12. The molecule has 0 atom stereocenters. The van der Waals surface area contributed by atoms with E-state index in [0.717, 1.165) is 25.6 Å². The standard InChI is InChI=1S/C7H16N4/c1-7(2,8)5-11-6-9-3-4-10-6/h3-5,8H2,1-2H3,(H2,9,10,11). The molecule has 0 radical (unpaired) electrons. The average molecular weight is 156 g/mol. The van der Waals surface area contributed by atoms with E-state index in [9.17, 15) is 0 Å². The third kappa shape index (κ3) is 3.23. The van der Waals surface area contributed by atoms with E-state index in [4.69, 9.17) is 5.73 Å². The van der Waals surface area contributed by atoms with Gasteiger partial charge in [-0.1, -0.05) is 0 Å². The Hall–Kier alpha value is -0.770. The van der Waals surface area contributed by atoms with Crippen molar-refractivity contribution in [3.05, 3.63) is 0 Å². The predicted molar refractivity (Wildman–Crippen MR) is 46.6 cm³/mol. The van der Waals surface area contributed by atoms with Gasteiger partial charge in [-0.25, -0.2) is 0 Å². The molecule has 1 aliphatic rings. The molecular weight excluding hydrogens is 140 g/mol. The zero-order valence-electron chi connectivity index (χ0n) is 7.15. The number of hydrogen-bond donors (Lipinski definition) is 3. The van der Waals surface area contributed by atoms with Gasteiger partial charge in [0.1, 0.15) is 0 Å². The van der Waals surface area contributed by atoms with Crippen LogP contribution >= 0.6 is 0 Å². The maximum atomic E-state index is 5.77. The van der Waals surface area contributed by atoms with Crippen LogP contribution in [0.4, 0.5) is 0 Å². The van der Waals surface area contributed by atoms with Crippen molar-refractivity contribution in [2.75, 3.05) is 19.6 Å². The molecule has 4 N–H and O–H groups in total. The molecule has 1 aliphatic heterocycles. The van der Waals surface area contributed by atoms with E-state index in [0.29, 0.717) is 0 Å². The van der Waals surface area contributed by atoms with Gasteiger partial charge in [-0.15, -0.1) is 0 Å². The highest BCUT2D eigenvalue weighted by Crippen LogP contribution is 1.92.